The number of halogens is 1. The lowest BCUT2D eigenvalue weighted by molar-refractivity contribution is 0.134. The van der Waals surface area contributed by atoms with Crippen LogP contribution in [0.3, 0.4) is 0 Å². The summed E-state index contributed by atoms with van der Waals surface area (Å²) in [6, 6.07) is 12.1. The summed E-state index contributed by atoms with van der Waals surface area (Å²) in [6.45, 7) is 3.40. The van der Waals surface area contributed by atoms with Gasteiger partial charge in [-0.1, -0.05) is 41.9 Å². The van der Waals surface area contributed by atoms with Crippen molar-refractivity contribution in [2.75, 3.05) is 0 Å². The second-order valence-corrected chi connectivity index (χ2v) is 5.36. The minimum Gasteiger partial charge on any atom is -0.372 e. The lowest BCUT2D eigenvalue weighted by Crippen LogP contribution is -2.13. The molecule has 0 spiro atoms. The summed E-state index contributed by atoms with van der Waals surface area (Å²) in [5.74, 6) is 0. The summed E-state index contributed by atoms with van der Waals surface area (Å²) in [6.07, 6.45) is 0. The first-order chi connectivity index (χ1) is 9.16. The molecule has 1 aliphatic heterocycles. The largest absolute Gasteiger partial charge is 0.372 e. The van der Waals surface area contributed by atoms with E-state index in [4.69, 9.17) is 22.1 Å². The monoisotopic (exact) mass is 273 g/mol. The molecule has 0 amide bonds. The van der Waals surface area contributed by atoms with E-state index in [-0.39, 0.29) is 6.04 Å². The van der Waals surface area contributed by atoms with Gasteiger partial charge in [-0.15, -0.1) is 0 Å². The van der Waals surface area contributed by atoms with Gasteiger partial charge in [-0.2, -0.15) is 0 Å². The van der Waals surface area contributed by atoms with Gasteiger partial charge in [-0.25, -0.2) is 0 Å². The maximum atomic E-state index is 6.38. The smallest absolute Gasteiger partial charge is 0.0725 e. The highest BCUT2D eigenvalue weighted by Crippen LogP contribution is 2.29. The van der Waals surface area contributed by atoms with E-state index in [2.05, 4.69) is 18.2 Å². The number of hydrogen-bond donors (Lipinski definition) is 1. The molecule has 3 rings (SSSR count). The van der Waals surface area contributed by atoms with Crippen LogP contribution in [0.5, 0.6) is 0 Å². The van der Waals surface area contributed by atoms with Crippen LogP contribution in [0.25, 0.3) is 0 Å². The zero-order chi connectivity index (χ0) is 13.4. The second kappa shape index (κ2) is 4.97. The molecule has 0 fully saturated rings. The van der Waals surface area contributed by atoms with E-state index in [1.807, 2.05) is 25.1 Å². The molecule has 1 aliphatic rings. The van der Waals surface area contributed by atoms with Crippen LogP contribution in [-0.2, 0) is 18.0 Å². The average molecular weight is 274 g/mol. The van der Waals surface area contributed by atoms with Crippen LogP contribution in [0.1, 0.15) is 33.9 Å². The van der Waals surface area contributed by atoms with E-state index < -0.39 is 0 Å². The van der Waals surface area contributed by atoms with E-state index in [0.717, 1.165) is 21.7 Å². The molecule has 1 atom stereocenters. The summed E-state index contributed by atoms with van der Waals surface area (Å²) in [4.78, 5) is 0. The van der Waals surface area contributed by atoms with Gasteiger partial charge in [0.2, 0.25) is 0 Å². The molecule has 0 saturated heterocycles. The fraction of sp³-hybridized carbons (Fsp3) is 0.250. The van der Waals surface area contributed by atoms with Crippen molar-refractivity contribution >= 4 is 11.6 Å². The van der Waals surface area contributed by atoms with Crippen LogP contribution in [0.2, 0.25) is 5.02 Å². The molecule has 3 heteroatoms. The Labute approximate surface area is 118 Å². The molecule has 1 heterocycles. The van der Waals surface area contributed by atoms with Gasteiger partial charge in [-0.3, -0.25) is 0 Å². The maximum absolute atomic E-state index is 6.38. The van der Waals surface area contributed by atoms with Gasteiger partial charge in [0.05, 0.1) is 19.3 Å². The normalized spacial score (nSPS) is 15.3. The minimum atomic E-state index is -0.149. The Morgan fingerprint density at radius 2 is 1.95 bits per heavy atom. The molecule has 1 unspecified atom stereocenters. The Balaban J connectivity index is 2.00. The zero-order valence-electron chi connectivity index (χ0n) is 10.8. The number of benzene rings is 2. The molecule has 0 saturated carbocycles. The number of nitrogens with two attached hydrogens (primary N) is 1. The molecule has 2 aromatic rings. The van der Waals surface area contributed by atoms with Crippen LogP contribution < -0.4 is 5.73 Å². The Hall–Kier alpha value is -1.35. The van der Waals surface area contributed by atoms with E-state index in [0.29, 0.717) is 13.2 Å². The number of fused-ring (bicyclic) bond motifs is 1. The fourth-order valence-electron chi connectivity index (χ4n) is 2.53. The zero-order valence-corrected chi connectivity index (χ0v) is 11.6. The van der Waals surface area contributed by atoms with E-state index in [1.54, 1.807) is 0 Å². The molecular formula is C16H16ClNO. The van der Waals surface area contributed by atoms with E-state index in [9.17, 15) is 0 Å². The minimum absolute atomic E-state index is 0.149. The molecule has 0 bridgehead atoms. The van der Waals surface area contributed by atoms with Gasteiger partial charge >= 0.3 is 0 Å². The van der Waals surface area contributed by atoms with Crippen LogP contribution in [0.15, 0.2) is 36.4 Å². The van der Waals surface area contributed by atoms with Crippen molar-refractivity contribution in [3.8, 4) is 0 Å². The predicted octanol–water partition coefficient (Wildman–Crippen LogP) is 3.73. The Bertz CT molecular complexity index is 624. The number of ether oxygens (including phenoxy) is 1. The third kappa shape index (κ3) is 2.27. The van der Waals surface area contributed by atoms with Crippen molar-refractivity contribution < 1.29 is 4.74 Å². The lowest BCUT2D eigenvalue weighted by Gasteiger charge is -2.17. The topological polar surface area (TPSA) is 35.2 Å². The summed E-state index contributed by atoms with van der Waals surface area (Å²) in [7, 11) is 0. The van der Waals surface area contributed by atoms with Crippen molar-refractivity contribution in [1.29, 1.82) is 0 Å². The fourth-order valence-corrected chi connectivity index (χ4v) is 2.71. The SMILES string of the molecule is Cc1c(Cl)cccc1C(N)c1ccc2c(c1)COC2. The molecule has 2 nitrogen and oxygen atoms in total. The van der Waals surface area contributed by atoms with Crippen LogP contribution in [0, 0.1) is 6.92 Å². The van der Waals surface area contributed by atoms with Crippen molar-refractivity contribution in [1.82, 2.24) is 0 Å². The van der Waals surface area contributed by atoms with Gasteiger partial charge in [0.25, 0.3) is 0 Å². The first-order valence-corrected chi connectivity index (χ1v) is 6.74. The summed E-state index contributed by atoms with van der Waals surface area (Å²) < 4.78 is 5.44. The van der Waals surface area contributed by atoms with Gasteiger partial charge in [-0.05, 0) is 40.8 Å². The molecule has 2 aromatic carbocycles. The van der Waals surface area contributed by atoms with E-state index in [1.165, 1.54) is 11.1 Å². The van der Waals surface area contributed by atoms with Crippen LogP contribution in [-0.4, -0.2) is 0 Å². The molecule has 0 aliphatic carbocycles. The van der Waals surface area contributed by atoms with E-state index >= 15 is 0 Å². The van der Waals surface area contributed by atoms with Crippen molar-refractivity contribution in [2.24, 2.45) is 5.73 Å². The quantitative estimate of drug-likeness (QED) is 0.905. The molecule has 0 aromatic heterocycles. The predicted molar refractivity (Wildman–Crippen MR) is 77.2 cm³/mol. The molecule has 2 N–H and O–H groups in total. The molecular weight excluding hydrogens is 258 g/mol. The third-order valence-electron chi connectivity index (χ3n) is 3.75. The lowest BCUT2D eigenvalue weighted by atomic mass is 9.94. The average Bonchev–Trinajstić information content (AvgIpc) is 2.88. The van der Waals surface area contributed by atoms with Crippen LogP contribution in [0.4, 0.5) is 0 Å². The molecule has 0 radical (unpaired) electrons. The number of rotatable bonds is 2. The van der Waals surface area contributed by atoms with Gasteiger partial charge in [0.15, 0.2) is 0 Å². The molecule has 19 heavy (non-hydrogen) atoms. The Morgan fingerprint density at radius 3 is 2.79 bits per heavy atom. The van der Waals surface area contributed by atoms with Crippen LogP contribution >= 0.6 is 11.6 Å². The van der Waals surface area contributed by atoms with Gasteiger partial charge in [0.1, 0.15) is 0 Å². The highest BCUT2D eigenvalue weighted by atomic mass is 35.5. The highest BCUT2D eigenvalue weighted by Gasteiger charge is 2.17. The first kappa shape index (κ1) is 12.7. The Kier molecular flexibility index (Phi) is 3.31. The maximum Gasteiger partial charge on any atom is 0.0725 e. The van der Waals surface area contributed by atoms with Crippen molar-refractivity contribution in [3.05, 3.63) is 69.2 Å². The second-order valence-electron chi connectivity index (χ2n) is 4.95. The van der Waals surface area contributed by atoms with Crippen molar-refractivity contribution in [2.45, 2.75) is 26.2 Å². The third-order valence-corrected chi connectivity index (χ3v) is 4.16. The highest BCUT2D eigenvalue weighted by molar-refractivity contribution is 6.31. The van der Waals surface area contributed by atoms with Crippen molar-refractivity contribution in [3.63, 3.8) is 0 Å². The standard InChI is InChI=1S/C16H16ClNO/c1-10-14(3-2-4-15(10)17)16(18)11-5-6-12-8-19-9-13(12)7-11/h2-7,16H,8-9,18H2,1H3. The number of hydrogen-bond acceptors (Lipinski definition) is 2. The molecule has 98 valence electrons. The Morgan fingerprint density at radius 1 is 1.16 bits per heavy atom. The summed E-state index contributed by atoms with van der Waals surface area (Å²) in [5, 5.41) is 0.762. The summed E-state index contributed by atoms with van der Waals surface area (Å²) in [5.41, 5.74) is 12.1. The van der Waals surface area contributed by atoms with Gasteiger partial charge in [0, 0.05) is 5.02 Å². The summed E-state index contributed by atoms with van der Waals surface area (Å²) >= 11 is 6.16. The van der Waals surface area contributed by atoms with Gasteiger partial charge < -0.3 is 10.5 Å². The first-order valence-electron chi connectivity index (χ1n) is 6.37.